The maximum atomic E-state index is 11.8. The van der Waals surface area contributed by atoms with Crippen molar-refractivity contribution in [3.63, 3.8) is 0 Å². The first-order chi connectivity index (χ1) is 8.52. The van der Waals surface area contributed by atoms with Crippen molar-refractivity contribution >= 4 is 23.9 Å². The summed E-state index contributed by atoms with van der Waals surface area (Å²) >= 11 is 0. The number of imide groups is 2. The Morgan fingerprint density at radius 1 is 1.39 bits per heavy atom. The van der Waals surface area contributed by atoms with Crippen LogP contribution in [0.4, 0.5) is 4.79 Å². The van der Waals surface area contributed by atoms with Gasteiger partial charge in [-0.05, 0) is 13.0 Å². The second-order valence-electron chi connectivity index (χ2n) is 3.81. The molecule has 0 aromatic carbocycles. The lowest BCUT2D eigenvalue weighted by molar-refractivity contribution is -0.129. The van der Waals surface area contributed by atoms with Crippen molar-refractivity contribution in [1.29, 1.82) is 0 Å². The van der Waals surface area contributed by atoms with Gasteiger partial charge in [0.05, 0.1) is 6.20 Å². The van der Waals surface area contributed by atoms with Crippen molar-refractivity contribution in [1.82, 2.24) is 20.0 Å². The molecule has 0 radical (unpaired) electrons. The molecule has 1 saturated heterocycles. The molecule has 0 aliphatic carbocycles. The van der Waals surface area contributed by atoms with Crippen LogP contribution in [0.2, 0.25) is 0 Å². The molecule has 1 fully saturated rings. The van der Waals surface area contributed by atoms with Gasteiger partial charge in [0.1, 0.15) is 5.57 Å². The first kappa shape index (κ1) is 12.0. The van der Waals surface area contributed by atoms with Crippen molar-refractivity contribution in [3.05, 3.63) is 23.5 Å². The zero-order valence-corrected chi connectivity index (χ0v) is 10.0. The maximum absolute atomic E-state index is 11.8. The molecule has 1 N–H and O–H groups in total. The van der Waals surface area contributed by atoms with E-state index in [1.54, 1.807) is 17.1 Å². The molecule has 1 aromatic rings. The first-order valence-electron chi connectivity index (χ1n) is 5.40. The Kier molecular flexibility index (Phi) is 2.97. The van der Waals surface area contributed by atoms with Gasteiger partial charge in [-0.3, -0.25) is 24.5 Å². The van der Waals surface area contributed by atoms with E-state index in [2.05, 4.69) is 10.4 Å². The van der Waals surface area contributed by atoms with E-state index in [4.69, 9.17) is 0 Å². The molecule has 7 nitrogen and oxygen atoms in total. The highest BCUT2D eigenvalue weighted by Crippen LogP contribution is 2.12. The first-order valence-corrected chi connectivity index (χ1v) is 5.40. The molecular weight excluding hydrogens is 236 g/mol. The highest BCUT2D eigenvalue weighted by Gasteiger charge is 2.32. The SMILES string of the molecule is CCn1cc(/C=C2/C(=O)NC(=O)N(C)C2=O)cn1. The number of hydrogen-bond donors (Lipinski definition) is 1. The van der Waals surface area contributed by atoms with Gasteiger partial charge in [-0.2, -0.15) is 5.10 Å². The minimum absolute atomic E-state index is 0.0762. The predicted octanol–water partition coefficient (Wildman–Crippen LogP) is -0.00540. The van der Waals surface area contributed by atoms with Crippen molar-refractivity contribution < 1.29 is 14.4 Å². The van der Waals surface area contributed by atoms with E-state index >= 15 is 0 Å². The molecule has 94 valence electrons. The highest BCUT2D eigenvalue weighted by atomic mass is 16.2. The summed E-state index contributed by atoms with van der Waals surface area (Å²) in [6.45, 7) is 2.62. The van der Waals surface area contributed by atoms with Gasteiger partial charge in [0.2, 0.25) is 0 Å². The lowest BCUT2D eigenvalue weighted by Gasteiger charge is -2.22. The van der Waals surface area contributed by atoms with Crippen LogP contribution >= 0.6 is 0 Å². The van der Waals surface area contributed by atoms with E-state index in [0.29, 0.717) is 12.1 Å². The number of carbonyl (C=O) groups is 3. The van der Waals surface area contributed by atoms with Crippen LogP contribution in [0.15, 0.2) is 18.0 Å². The van der Waals surface area contributed by atoms with Crippen LogP contribution in [0, 0.1) is 0 Å². The van der Waals surface area contributed by atoms with Gasteiger partial charge in [0.25, 0.3) is 11.8 Å². The molecule has 0 unspecified atom stereocenters. The Bertz CT molecular complexity index is 558. The smallest absolute Gasteiger partial charge is 0.273 e. The summed E-state index contributed by atoms with van der Waals surface area (Å²) in [6, 6.07) is -0.716. The number of rotatable bonds is 2. The number of hydrogen-bond acceptors (Lipinski definition) is 4. The van der Waals surface area contributed by atoms with Crippen LogP contribution in [0.3, 0.4) is 0 Å². The third kappa shape index (κ3) is 2.02. The summed E-state index contributed by atoms with van der Waals surface area (Å²) in [4.78, 5) is 35.4. The summed E-state index contributed by atoms with van der Waals surface area (Å²) in [5.74, 6) is -1.31. The van der Waals surface area contributed by atoms with E-state index in [1.165, 1.54) is 13.1 Å². The lowest BCUT2D eigenvalue weighted by Crippen LogP contribution is -2.52. The number of likely N-dealkylation sites (N-methyl/N-ethyl adjacent to an activating group) is 1. The summed E-state index contributed by atoms with van der Waals surface area (Å²) in [7, 11) is 1.31. The van der Waals surface area contributed by atoms with E-state index < -0.39 is 17.8 Å². The van der Waals surface area contributed by atoms with Crippen molar-refractivity contribution in [2.45, 2.75) is 13.5 Å². The molecule has 18 heavy (non-hydrogen) atoms. The van der Waals surface area contributed by atoms with Gasteiger partial charge in [-0.25, -0.2) is 4.79 Å². The molecule has 2 rings (SSSR count). The number of aryl methyl sites for hydroxylation is 1. The predicted molar refractivity (Wildman–Crippen MR) is 62.2 cm³/mol. The minimum atomic E-state index is -0.716. The van der Waals surface area contributed by atoms with E-state index in [9.17, 15) is 14.4 Å². The van der Waals surface area contributed by atoms with Gasteiger partial charge in [-0.1, -0.05) is 0 Å². The van der Waals surface area contributed by atoms with Gasteiger partial charge in [0.15, 0.2) is 0 Å². The Hall–Kier alpha value is -2.44. The molecule has 4 amide bonds. The molecule has 1 aromatic heterocycles. The summed E-state index contributed by atoms with van der Waals surface area (Å²) in [5.41, 5.74) is 0.561. The third-order valence-electron chi connectivity index (χ3n) is 2.59. The number of urea groups is 1. The normalized spacial score (nSPS) is 18.4. The molecule has 2 heterocycles. The third-order valence-corrected chi connectivity index (χ3v) is 2.59. The quantitative estimate of drug-likeness (QED) is 0.589. The lowest BCUT2D eigenvalue weighted by atomic mass is 10.1. The molecule has 7 heteroatoms. The van der Waals surface area contributed by atoms with Gasteiger partial charge < -0.3 is 0 Å². The second-order valence-corrected chi connectivity index (χ2v) is 3.81. The van der Waals surface area contributed by atoms with Crippen LogP contribution in [0.5, 0.6) is 0 Å². The van der Waals surface area contributed by atoms with E-state index in [-0.39, 0.29) is 5.57 Å². The van der Waals surface area contributed by atoms with Crippen LogP contribution in [0.1, 0.15) is 12.5 Å². The van der Waals surface area contributed by atoms with E-state index in [1.807, 2.05) is 6.92 Å². The zero-order chi connectivity index (χ0) is 13.3. The van der Waals surface area contributed by atoms with Crippen LogP contribution in [-0.2, 0) is 16.1 Å². The number of carbonyl (C=O) groups excluding carboxylic acids is 3. The largest absolute Gasteiger partial charge is 0.331 e. The molecule has 0 bridgehead atoms. The van der Waals surface area contributed by atoms with Crippen LogP contribution < -0.4 is 5.32 Å². The molecule has 1 aliphatic heterocycles. The van der Waals surface area contributed by atoms with Crippen molar-refractivity contribution in [2.24, 2.45) is 0 Å². The molecule has 0 atom stereocenters. The summed E-state index contributed by atoms with van der Waals surface area (Å²) < 4.78 is 1.67. The topological polar surface area (TPSA) is 84.3 Å². The van der Waals surface area contributed by atoms with E-state index in [0.717, 1.165) is 4.90 Å². The molecular formula is C11H12N4O3. The summed E-state index contributed by atoms with van der Waals surface area (Å²) in [5, 5.41) is 6.12. The fourth-order valence-corrected chi connectivity index (χ4v) is 1.54. The van der Waals surface area contributed by atoms with Crippen LogP contribution in [0.25, 0.3) is 6.08 Å². The van der Waals surface area contributed by atoms with Gasteiger partial charge in [-0.15, -0.1) is 0 Å². The molecule has 0 saturated carbocycles. The maximum Gasteiger partial charge on any atom is 0.331 e. The number of nitrogens with zero attached hydrogens (tertiary/aromatic N) is 3. The number of amides is 4. The Morgan fingerprint density at radius 2 is 2.11 bits per heavy atom. The molecule has 1 aliphatic rings. The number of nitrogens with one attached hydrogen (secondary N) is 1. The fraction of sp³-hybridized carbons (Fsp3) is 0.273. The van der Waals surface area contributed by atoms with Gasteiger partial charge in [0, 0.05) is 25.4 Å². The minimum Gasteiger partial charge on any atom is -0.273 e. The number of aromatic nitrogens is 2. The molecule has 0 spiro atoms. The second kappa shape index (κ2) is 4.44. The Labute approximate surface area is 103 Å². The average molecular weight is 248 g/mol. The average Bonchev–Trinajstić information content (AvgIpc) is 2.80. The Morgan fingerprint density at radius 3 is 2.72 bits per heavy atom. The zero-order valence-electron chi connectivity index (χ0n) is 10.0. The fourth-order valence-electron chi connectivity index (χ4n) is 1.54. The number of barbiturate groups is 1. The van der Waals surface area contributed by atoms with Crippen molar-refractivity contribution in [3.8, 4) is 0 Å². The highest BCUT2D eigenvalue weighted by molar-refractivity contribution is 6.30. The van der Waals surface area contributed by atoms with Gasteiger partial charge >= 0.3 is 6.03 Å². The summed E-state index contributed by atoms with van der Waals surface area (Å²) in [6.07, 6.45) is 4.68. The monoisotopic (exact) mass is 248 g/mol. The standard InChI is InChI=1S/C11H12N4O3/c1-3-15-6-7(5-12-15)4-8-9(16)13-11(18)14(2)10(8)17/h4-6H,3H2,1-2H3,(H,13,16,18)/b8-4-. The van der Waals surface area contributed by atoms with Crippen molar-refractivity contribution in [2.75, 3.05) is 7.05 Å². The Balaban J connectivity index is 2.33. The van der Waals surface area contributed by atoms with Crippen LogP contribution in [-0.4, -0.2) is 39.6 Å².